The van der Waals surface area contributed by atoms with Crippen LogP contribution in [0.15, 0.2) is 41.4 Å². The van der Waals surface area contributed by atoms with E-state index in [1.807, 2.05) is 0 Å². The first-order valence-corrected chi connectivity index (χ1v) is 9.51. The number of rotatable bonds is 5. The third kappa shape index (κ3) is 4.52. The molecule has 6 heteroatoms. The molecule has 2 bridgehead atoms. The number of hydrogen-bond donors (Lipinski definition) is 2. The summed E-state index contributed by atoms with van der Waals surface area (Å²) >= 11 is 0. The molecular formula is C20H29IN4O. The van der Waals surface area contributed by atoms with Crippen molar-refractivity contribution in [3.05, 3.63) is 42.0 Å². The molecule has 0 radical (unpaired) electrons. The van der Waals surface area contributed by atoms with E-state index in [0.29, 0.717) is 24.8 Å². The van der Waals surface area contributed by atoms with Crippen LogP contribution in [-0.2, 0) is 11.3 Å². The smallest absolute Gasteiger partial charge is 0.191 e. The Hall–Kier alpha value is -1.28. The first-order valence-electron chi connectivity index (χ1n) is 9.51. The summed E-state index contributed by atoms with van der Waals surface area (Å²) in [6.07, 6.45) is 8.75. The van der Waals surface area contributed by atoms with Gasteiger partial charge in [-0.25, -0.2) is 4.99 Å². The maximum atomic E-state index is 5.93. The minimum Gasteiger partial charge on any atom is -0.373 e. The van der Waals surface area contributed by atoms with E-state index in [2.05, 4.69) is 58.9 Å². The normalized spacial score (nSPS) is 26.9. The van der Waals surface area contributed by atoms with Crippen molar-refractivity contribution in [2.24, 2.45) is 4.99 Å². The number of nitrogens with zero attached hydrogens (tertiary/aromatic N) is 2. The fraction of sp³-hybridized carbons (Fsp3) is 0.550. The molecular weight excluding hydrogens is 439 g/mol. The summed E-state index contributed by atoms with van der Waals surface area (Å²) in [5.74, 6) is 0.900. The minimum atomic E-state index is 0. The number of ether oxygens (including phenoxy) is 1. The Kier molecular flexibility index (Phi) is 6.80. The highest BCUT2D eigenvalue weighted by Gasteiger charge is 2.41. The number of halogens is 1. The Morgan fingerprint density at radius 3 is 2.58 bits per heavy atom. The number of benzene rings is 1. The van der Waals surface area contributed by atoms with E-state index in [1.165, 1.54) is 24.1 Å². The van der Waals surface area contributed by atoms with E-state index in [4.69, 9.17) is 9.73 Å². The van der Waals surface area contributed by atoms with Gasteiger partial charge in [0.1, 0.15) is 0 Å². The van der Waals surface area contributed by atoms with Crippen molar-refractivity contribution in [3.8, 4) is 0 Å². The van der Waals surface area contributed by atoms with Gasteiger partial charge in [0.05, 0.1) is 24.8 Å². The molecule has 26 heavy (non-hydrogen) atoms. The van der Waals surface area contributed by atoms with E-state index < -0.39 is 0 Å². The topological polar surface area (TPSA) is 48.9 Å². The highest BCUT2D eigenvalue weighted by atomic mass is 127. The molecule has 3 aliphatic heterocycles. The Morgan fingerprint density at radius 2 is 1.96 bits per heavy atom. The minimum absolute atomic E-state index is 0. The standard InChI is InChI=1S/C20H28N4O.HI/c1-2-21-20(23-18-13-17-9-10-19(18)25-17)22-14-15-5-7-16(8-6-15)24-11-3-4-12-24;/h3-8,17-19H,2,9-14H2,1H3,(H2,21,22,23);1H. The molecule has 5 nitrogen and oxygen atoms in total. The SMILES string of the molecule is CCNC(=NCc1ccc(N2CC=CC2)cc1)NC1CC2CCC1O2.I. The Labute approximate surface area is 173 Å². The molecule has 3 unspecified atom stereocenters. The molecule has 0 spiro atoms. The molecule has 3 aliphatic rings. The molecule has 0 saturated carbocycles. The number of hydrogen-bond acceptors (Lipinski definition) is 3. The summed E-state index contributed by atoms with van der Waals surface area (Å²) in [5.41, 5.74) is 2.51. The van der Waals surface area contributed by atoms with Crippen molar-refractivity contribution in [1.29, 1.82) is 0 Å². The monoisotopic (exact) mass is 468 g/mol. The van der Waals surface area contributed by atoms with E-state index in [9.17, 15) is 0 Å². The lowest BCUT2D eigenvalue weighted by Gasteiger charge is -2.22. The van der Waals surface area contributed by atoms with Crippen molar-refractivity contribution in [2.75, 3.05) is 24.5 Å². The highest BCUT2D eigenvalue weighted by Crippen LogP contribution is 2.34. The van der Waals surface area contributed by atoms with Crippen LogP contribution in [0.3, 0.4) is 0 Å². The van der Waals surface area contributed by atoms with Crippen LogP contribution in [0.5, 0.6) is 0 Å². The molecule has 2 saturated heterocycles. The Morgan fingerprint density at radius 1 is 1.19 bits per heavy atom. The van der Waals surface area contributed by atoms with Gasteiger partial charge in [-0.15, -0.1) is 24.0 Å². The third-order valence-corrected chi connectivity index (χ3v) is 5.31. The molecule has 1 aromatic rings. The number of nitrogens with one attached hydrogen (secondary N) is 2. The molecule has 1 aromatic carbocycles. The van der Waals surface area contributed by atoms with E-state index in [-0.39, 0.29) is 24.0 Å². The molecule has 2 N–H and O–H groups in total. The van der Waals surface area contributed by atoms with E-state index in [1.54, 1.807) is 0 Å². The predicted octanol–water partition coefficient (Wildman–Crippen LogP) is 3.06. The fourth-order valence-corrected chi connectivity index (χ4v) is 3.96. The lowest BCUT2D eigenvalue weighted by Crippen LogP contribution is -2.47. The third-order valence-electron chi connectivity index (χ3n) is 5.31. The first-order chi connectivity index (χ1) is 12.3. The molecule has 0 aromatic heterocycles. The summed E-state index contributed by atoms with van der Waals surface area (Å²) in [6, 6.07) is 9.16. The van der Waals surface area contributed by atoms with Gasteiger partial charge in [0.2, 0.25) is 0 Å². The van der Waals surface area contributed by atoms with Gasteiger partial charge in [-0.1, -0.05) is 24.3 Å². The number of aliphatic imine (C=N–C) groups is 1. The van der Waals surface area contributed by atoms with E-state index in [0.717, 1.165) is 32.0 Å². The van der Waals surface area contributed by atoms with Crippen LogP contribution in [0.25, 0.3) is 0 Å². The lowest BCUT2D eigenvalue weighted by molar-refractivity contribution is 0.0992. The van der Waals surface area contributed by atoms with Crippen molar-refractivity contribution in [2.45, 2.75) is 51.0 Å². The van der Waals surface area contributed by atoms with Gasteiger partial charge in [0.25, 0.3) is 0 Å². The van der Waals surface area contributed by atoms with Crippen molar-refractivity contribution < 1.29 is 4.74 Å². The zero-order valence-electron chi connectivity index (χ0n) is 15.4. The van der Waals surface area contributed by atoms with Gasteiger partial charge in [0.15, 0.2) is 5.96 Å². The highest BCUT2D eigenvalue weighted by molar-refractivity contribution is 14.0. The van der Waals surface area contributed by atoms with Crippen LogP contribution in [0.4, 0.5) is 5.69 Å². The molecule has 3 heterocycles. The average molecular weight is 468 g/mol. The van der Waals surface area contributed by atoms with Crippen molar-refractivity contribution in [1.82, 2.24) is 10.6 Å². The summed E-state index contributed by atoms with van der Waals surface area (Å²) in [6.45, 7) is 5.69. The second kappa shape index (κ2) is 9.08. The molecule has 3 atom stereocenters. The van der Waals surface area contributed by atoms with Gasteiger partial charge < -0.3 is 20.3 Å². The van der Waals surface area contributed by atoms with Crippen molar-refractivity contribution in [3.63, 3.8) is 0 Å². The zero-order valence-corrected chi connectivity index (χ0v) is 17.7. The van der Waals surface area contributed by atoms with Crippen molar-refractivity contribution >= 4 is 35.6 Å². The number of guanidine groups is 1. The second-order valence-corrected chi connectivity index (χ2v) is 7.10. The van der Waals surface area contributed by atoms with Crippen LogP contribution < -0.4 is 15.5 Å². The quantitative estimate of drug-likeness (QED) is 0.302. The number of fused-ring (bicyclic) bond motifs is 2. The van der Waals surface area contributed by atoms with Crippen LogP contribution in [0, 0.1) is 0 Å². The Balaban J connectivity index is 0.00000196. The molecule has 4 rings (SSSR count). The maximum Gasteiger partial charge on any atom is 0.191 e. The Bertz CT molecular complexity index is 638. The zero-order chi connectivity index (χ0) is 17.1. The number of anilines is 1. The molecule has 142 valence electrons. The predicted molar refractivity (Wildman–Crippen MR) is 117 cm³/mol. The van der Waals surface area contributed by atoms with Gasteiger partial charge in [-0.3, -0.25) is 0 Å². The van der Waals surface area contributed by atoms with E-state index >= 15 is 0 Å². The second-order valence-electron chi connectivity index (χ2n) is 7.10. The largest absolute Gasteiger partial charge is 0.373 e. The lowest BCUT2D eigenvalue weighted by atomic mass is 9.96. The summed E-state index contributed by atoms with van der Waals surface area (Å²) in [7, 11) is 0. The molecule has 0 amide bonds. The summed E-state index contributed by atoms with van der Waals surface area (Å²) in [4.78, 5) is 7.13. The maximum absolute atomic E-state index is 5.93. The van der Waals surface area contributed by atoms with Gasteiger partial charge >= 0.3 is 0 Å². The van der Waals surface area contributed by atoms with Crippen LogP contribution in [-0.4, -0.2) is 43.8 Å². The van der Waals surface area contributed by atoms with Gasteiger partial charge in [-0.05, 0) is 43.9 Å². The average Bonchev–Trinajstić information content (AvgIpc) is 3.38. The van der Waals surface area contributed by atoms with Gasteiger partial charge in [0, 0.05) is 25.3 Å². The summed E-state index contributed by atoms with van der Waals surface area (Å²) < 4.78 is 5.93. The molecule has 0 aliphatic carbocycles. The fourth-order valence-electron chi connectivity index (χ4n) is 3.96. The van der Waals surface area contributed by atoms with Gasteiger partial charge in [-0.2, -0.15) is 0 Å². The van der Waals surface area contributed by atoms with Crippen LogP contribution in [0.2, 0.25) is 0 Å². The van der Waals surface area contributed by atoms with Crippen LogP contribution in [0.1, 0.15) is 31.7 Å². The summed E-state index contributed by atoms with van der Waals surface area (Å²) in [5, 5.41) is 6.93. The first kappa shape index (κ1) is 19.5. The molecule has 2 fully saturated rings. The van der Waals surface area contributed by atoms with Crippen LogP contribution >= 0.6 is 24.0 Å².